The summed E-state index contributed by atoms with van der Waals surface area (Å²) in [6, 6.07) is -0.234. The Morgan fingerprint density at radius 2 is 2.22 bits per heavy atom. The van der Waals surface area contributed by atoms with Crippen molar-refractivity contribution in [1.29, 1.82) is 0 Å². The van der Waals surface area contributed by atoms with E-state index in [1.165, 1.54) is 0 Å². The minimum atomic E-state index is -4.36. The minimum Gasteiger partial charge on any atom is -0.346 e. The van der Waals surface area contributed by atoms with Gasteiger partial charge in [0.05, 0.1) is 6.04 Å². The number of carbonyl (C=O) groups excluding carboxylic acids is 1. The molecule has 106 valence electrons. The monoisotopic (exact) mass is 267 g/mol. The fourth-order valence-electron chi connectivity index (χ4n) is 1.95. The molecule has 4 nitrogen and oxygen atoms in total. The Balaban J connectivity index is 2.32. The van der Waals surface area contributed by atoms with Gasteiger partial charge in [0.1, 0.15) is 6.54 Å². The zero-order valence-electron chi connectivity index (χ0n) is 10.7. The molecule has 1 heterocycles. The molecule has 0 radical (unpaired) electrons. The summed E-state index contributed by atoms with van der Waals surface area (Å²) in [4.78, 5) is 13.3. The van der Waals surface area contributed by atoms with E-state index < -0.39 is 24.7 Å². The standard InChI is InChI=1S/C11H20F3N3O/c1-8(10(18)16-7-11(12,13)14)17(2)6-9-4-3-5-15-9/h8-9,15H,3-7H2,1-2H3,(H,16,18). The topological polar surface area (TPSA) is 44.4 Å². The van der Waals surface area contributed by atoms with Gasteiger partial charge < -0.3 is 10.6 Å². The lowest BCUT2D eigenvalue weighted by Gasteiger charge is -2.26. The summed E-state index contributed by atoms with van der Waals surface area (Å²) in [5, 5.41) is 5.19. The number of nitrogens with one attached hydrogen (secondary N) is 2. The van der Waals surface area contributed by atoms with Gasteiger partial charge >= 0.3 is 6.18 Å². The van der Waals surface area contributed by atoms with Crippen LogP contribution in [0.2, 0.25) is 0 Å². The fourth-order valence-corrected chi connectivity index (χ4v) is 1.95. The van der Waals surface area contributed by atoms with E-state index in [1.807, 2.05) is 5.32 Å². The molecule has 2 unspecified atom stereocenters. The van der Waals surface area contributed by atoms with Gasteiger partial charge in [0.25, 0.3) is 0 Å². The van der Waals surface area contributed by atoms with Crippen LogP contribution in [0, 0.1) is 0 Å². The van der Waals surface area contributed by atoms with Crippen LogP contribution in [-0.2, 0) is 4.79 Å². The van der Waals surface area contributed by atoms with E-state index in [2.05, 4.69) is 5.32 Å². The lowest BCUT2D eigenvalue weighted by molar-refractivity contribution is -0.141. The zero-order valence-corrected chi connectivity index (χ0v) is 10.7. The van der Waals surface area contributed by atoms with Crippen LogP contribution in [0.25, 0.3) is 0 Å². The number of halogens is 3. The van der Waals surface area contributed by atoms with Crippen molar-refractivity contribution < 1.29 is 18.0 Å². The maximum atomic E-state index is 12.0. The Kier molecular flexibility index (Phi) is 5.40. The van der Waals surface area contributed by atoms with Crippen LogP contribution < -0.4 is 10.6 Å². The quantitative estimate of drug-likeness (QED) is 0.772. The van der Waals surface area contributed by atoms with Gasteiger partial charge in [-0.05, 0) is 33.4 Å². The second-order valence-corrected chi connectivity index (χ2v) is 4.74. The number of alkyl halides is 3. The molecule has 0 bridgehead atoms. The van der Waals surface area contributed by atoms with Gasteiger partial charge in [0.15, 0.2) is 0 Å². The average Bonchev–Trinajstić information content (AvgIpc) is 2.76. The Hall–Kier alpha value is -0.820. The van der Waals surface area contributed by atoms with Gasteiger partial charge in [0.2, 0.25) is 5.91 Å². The molecular formula is C11H20F3N3O. The van der Waals surface area contributed by atoms with Gasteiger partial charge in [0, 0.05) is 12.6 Å². The Morgan fingerprint density at radius 3 is 2.72 bits per heavy atom. The van der Waals surface area contributed by atoms with E-state index in [0.29, 0.717) is 12.6 Å². The lowest BCUT2D eigenvalue weighted by atomic mass is 10.2. The van der Waals surface area contributed by atoms with Crippen molar-refractivity contribution in [3.05, 3.63) is 0 Å². The maximum Gasteiger partial charge on any atom is 0.405 e. The number of likely N-dealkylation sites (N-methyl/N-ethyl adjacent to an activating group) is 1. The SMILES string of the molecule is CC(C(=O)NCC(F)(F)F)N(C)CC1CCCN1. The molecule has 7 heteroatoms. The van der Waals surface area contributed by atoms with Gasteiger partial charge in [-0.2, -0.15) is 13.2 Å². The molecule has 0 aliphatic carbocycles. The van der Waals surface area contributed by atoms with Crippen LogP contribution in [0.15, 0.2) is 0 Å². The predicted molar refractivity (Wildman–Crippen MR) is 62.2 cm³/mol. The molecule has 0 aromatic carbocycles. The summed E-state index contributed by atoms with van der Waals surface area (Å²) in [5.74, 6) is -0.590. The van der Waals surface area contributed by atoms with Crippen LogP contribution >= 0.6 is 0 Å². The second kappa shape index (κ2) is 6.38. The van der Waals surface area contributed by atoms with E-state index in [4.69, 9.17) is 0 Å². The molecule has 1 fully saturated rings. The van der Waals surface area contributed by atoms with E-state index >= 15 is 0 Å². The second-order valence-electron chi connectivity index (χ2n) is 4.74. The lowest BCUT2D eigenvalue weighted by Crippen LogP contribution is -2.48. The number of carbonyl (C=O) groups is 1. The molecule has 1 amide bonds. The van der Waals surface area contributed by atoms with Crippen molar-refractivity contribution in [2.24, 2.45) is 0 Å². The minimum absolute atomic E-state index is 0.327. The number of hydrogen-bond donors (Lipinski definition) is 2. The fraction of sp³-hybridized carbons (Fsp3) is 0.909. The van der Waals surface area contributed by atoms with Crippen LogP contribution in [0.5, 0.6) is 0 Å². The third kappa shape index (κ3) is 5.22. The molecule has 1 aliphatic rings. The highest BCUT2D eigenvalue weighted by Crippen LogP contribution is 2.13. The largest absolute Gasteiger partial charge is 0.405 e. The Bertz CT molecular complexity index is 277. The third-order valence-electron chi connectivity index (χ3n) is 3.17. The van der Waals surface area contributed by atoms with Crippen molar-refractivity contribution in [2.75, 3.05) is 26.7 Å². The third-order valence-corrected chi connectivity index (χ3v) is 3.17. The van der Waals surface area contributed by atoms with E-state index in [0.717, 1.165) is 19.4 Å². The average molecular weight is 267 g/mol. The molecule has 0 saturated carbocycles. The van der Waals surface area contributed by atoms with Crippen molar-refractivity contribution in [3.63, 3.8) is 0 Å². The summed E-state index contributed by atoms with van der Waals surface area (Å²) in [6.45, 7) is 1.97. The summed E-state index contributed by atoms with van der Waals surface area (Å²) in [7, 11) is 1.75. The number of nitrogens with zero attached hydrogens (tertiary/aromatic N) is 1. The van der Waals surface area contributed by atoms with Gasteiger partial charge in [-0.1, -0.05) is 0 Å². The number of amides is 1. The molecule has 0 spiro atoms. The van der Waals surface area contributed by atoms with Crippen LogP contribution in [0.1, 0.15) is 19.8 Å². The summed E-state index contributed by atoms with van der Waals surface area (Å²) < 4.78 is 35.9. The van der Waals surface area contributed by atoms with Crippen LogP contribution in [-0.4, -0.2) is 55.7 Å². The van der Waals surface area contributed by atoms with Gasteiger partial charge in [-0.25, -0.2) is 0 Å². The smallest absolute Gasteiger partial charge is 0.346 e. The molecule has 0 aromatic rings. The molecule has 18 heavy (non-hydrogen) atoms. The summed E-state index contributed by atoms with van der Waals surface area (Å²) in [5.41, 5.74) is 0. The predicted octanol–water partition coefficient (Wildman–Crippen LogP) is 0.737. The molecule has 1 saturated heterocycles. The van der Waals surface area contributed by atoms with Gasteiger partial charge in [-0.3, -0.25) is 9.69 Å². The molecule has 1 rings (SSSR count). The van der Waals surface area contributed by atoms with E-state index in [-0.39, 0.29) is 0 Å². The van der Waals surface area contributed by atoms with Crippen LogP contribution in [0.3, 0.4) is 0 Å². The molecule has 1 aliphatic heterocycles. The zero-order chi connectivity index (χ0) is 13.8. The highest BCUT2D eigenvalue weighted by molar-refractivity contribution is 5.81. The summed E-state index contributed by atoms with van der Waals surface area (Å²) in [6.07, 6.45) is -2.21. The van der Waals surface area contributed by atoms with Gasteiger partial charge in [-0.15, -0.1) is 0 Å². The number of rotatable bonds is 5. The molecule has 2 atom stereocenters. The number of hydrogen-bond acceptors (Lipinski definition) is 3. The first-order chi connectivity index (χ1) is 8.29. The first-order valence-electron chi connectivity index (χ1n) is 6.07. The Morgan fingerprint density at radius 1 is 1.56 bits per heavy atom. The van der Waals surface area contributed by atoms with Crippen molar-refractivity contribution in [1.82, 2.24) is 15.5 Å². The first kappa shape index (κ1) is 15.2. The molecule has 0 aromatic heterocycles. The van der Waals surface area contributed by atoms with Crippen LogP contribution in [0.4, 0.5) is 13.2 Å². The maximum absolute atomic E-state index is 12.0. The van der Waals surface area contributed by atoms with E-state index in [9.17, 15) is 18.0 Å². The van der Waals surface area contributed by atoms with Crippen molar-refractivity contribution in [3.8, 4) is 0 Å². The Labute approximate surface area is 105 Å². The molecule has 2 N–H and O–H groups in total. The highest BCUT2D eigenvalue weighted by Gasteiger charge is 2.30. The highest BCUT2D eigenvalue weighted by atomic mass is 19.4. The van der Waals surface area contributed by atoms with Crippen molar-refractivity contribution in [2.45, 2.75) is 38.0 Å². The summed E-state index contributed by atoms with van der Waals surface area (Å²) >= 11 is 0. The molecular weight excluding hydrogens is 247 g/mol. The normalized spacial score (nSPS) is 22.2. The first-order valence-corrected chi connectivity index (χ1v) is 6.07. The van der Waals surface area contributed by atoms with Crippen molar-refractivity contribution >= 4 is 5.91 Å². The van der Waals surface area contributed by atoms with E-state index in [1.54, 1.807) is 18.9 Å².